The summed E-state index contributed by atoms with van der Waals surface area (Å²) >= 11 is 3.46. The van der Waals surface area contributed by atoms with E-state index in [2.05, 4.69) is 33.3 Å². The van der Waals surface area contributed by atoms with Gasteiger partial charge in [-0.1, -0.05) is 65.2 Å². The minimum Gasteiger partial charge on any atom is -0.335 e. The summed E-state index contributed by atoms with van der Waals surface area (Å²) in [6.07, 6.45) is 4.25. The number of carbonyl (C=O) groups excluding carboxylic acids is 1. The minimum atomic E-state index is -0.206. The number of hydrogen-bond donors (Lipinski definition) is 1. The molecule has 0 bridgehead atoms. The molecule has 0 saturated carbocycles. The molecule has 5 rings (SSSR count). The van der Waals surface area contributed by atoms with Crippen LogP contribution < -0.4 is 10.9 Å². The molecule has 39 heavy (non-hydrogen) atoms. The summed E-state index contributed by atoms with van der Waals surface area (Å²) in [6, 6.07) is 21.2. The number of aryl methyl sites for hydroxylation is 2. The van der Waals surface area contributed by atoms with E-state index < -0.39 is 0 Å². The fraction of sp³-hybridized carbons (Fsp3) is 0.226. The molecular formula is C31H30BrN5O2. The van der Waals surface area contributed by atoms with Crippen LogP contribution in [0.15, 0.2) is 81.1 Å². The number of hydrogen-bond acceptors (Lipinski definition) is 4. The molecule has 8 heteroatoms. The number of halogens is 1. The molecule has 0 unspecified atom stereocenters. The number of carbonyl (C=O) groups is 1. The van der Waals surface area contributed by atoms with Crippen LogP contribution in [0.3, 0.4) is 0 Å². The van der Waals surface area contributed by atoms with Gasteiger partial charge in [0, 0.05) is 38.7 Å². The maximum absolute atomic E-state index is 13.5. The third kappa shape index (κ3) is 5.56. The van der Waals surface area contributed by atoms with Crippen molar-refractivity contribution in [2.24, 2.45) is 5.10 Å². The Morgan fingerprint density at radius 3 is 2.59 bits per heavy atom. The van der Waals surface area contributed by atoms with Crippen molar-refractivity contribution in [3.8, 4) is 0 Å². The van der Waals surface area contributed by atoms with Crippen molar-refractivity contribution in [3.05, 3.63) is 104 Å². The highest BCUT2D eigenvalue weighted by atomic mass is 79.9. The first-order chi connectivity index (χ1) is 18.9. The van der Waals surface area contributed by atoms with Crippen LogP contribution >= 0.6 is 15.9 Å². The van der Waals surface area contributed by atoms with Crippen LogP contribution in [0.1, 0.15) is 42.4 Å². The Balaban J connectivity index is 1.54. The summed E-state index contributed by atoms with van der Waals surface area (Å²) in [5.74, 6) is 0.514. The predicted octanol–water partition coefficient (Wildman–Crippen LogP) is 6.59. The quantitative estimate of drug-likeness (QED) is 0.209. The fourth-order valence-corrected chi connectivity index (χ4v) is 5.09. The number of unbranched alkanes of at least 4 members (excludes halogenated alkanes) is 1. The van der Waals surface area contributed by atoms with Crippen molar-refractivity contribution in [1.82, 2.24) is 14.2 Å². The Bertz CT molecular complexity index is 1770. The standard InChI is InChI=1S/C31H30BrN5O2/c1-4-5-10-29-35-27-16-13-22(32)17-25(27)31(39)37(29)33-18-26-21(3)36(28-9-7-6-8-24(26)28)19-30(38)34-23-14-11-20(2)12-15-23/h6-9,11-18H,4-5,10,19H2,1-3H3,(H,34,38). The number of fused-ring (bicyclic) bond motifs is 2. The number of anilines is 1. The lowest BCUT2D eigenvalue weighted by atomic mass is 10.1. The Morgan fingerprint density at radius 2 is 1.82 bits per heavy atom. The summed E-state index contributed by atoms with van der Waals surface area (Å²) in [5.41, 5.74) is 5.02. The highest BCUT2D eigenvalue weighted by Crippen LogP contribution is 2.25. The van der Waals surface area contributed by atoms with Crippen LogP contribution in [-0.2, 0) is 17.8 Å². The monoisotopic (exact) mass is 583 g/mol. The van der Waals surface area contributed by atoms with Gasteiger partial charge in [0.05, 0.1) is 17.1 Å². The van der Waals surface area contributed by atoms with Crippen LogP contribution in [-0.4, -0.2) is 26.3 Å². The first kappa shape index (κ1) is 26.6. The lowest BCUT2D eigenvalue weighted by molar-refractivity contribution is -0.116. The molecule has 0 aliphatic heterocycles. The van der Waals surface area contributed by atoms with Crippen molar-refractivity contribution in [2.45, 2.75) is 46.6 Å². The molecule has 0 aliphatic carbocycles. The average Bonchev–Trinajstić information content (AvgIpc) is 3.19. The van der Waals surface area contributed by atoms with Crippen LogP contribution in [0.4, 0.5) is 5.69 Å². The second-order valence-electron chi connectivity index (χ2n) is 9.67. The molecule has 0 saturated heterocycles. The van der Waals surface area contributed by atoms with Gasteiger partial charge < -0.3 is 9.88 Å². The van der Waals surface area contributed by atoms with Crippen LogP contribution in [0.2, 0.25) is 0 Å². The molecule has 0 radical (unpaired) electrons. The molecule has 2 aromatic heterocycles. The number of aromatic nitrogens is 3. The second kappa shape index (κ2) is 11.4. The van der Waals surface area contributed by atoms with E-state index >= 15 is 0 Å². The van der Waals surface area contributed by atoms with Gasteiger partial charge in [0.1, 0.15) is 12.4 Å². The van der Waals surface area contributed by atoms with Gasteiger partial charge in [0.15, 0.2) is 0 Å². The smallest absolute Gasteiger partial charge is 0.282 e. The number of nitrogens with zero attached hydrogens (tertiary/aromatic N) is 4. The van der Waals surface area contributed by atoms with E-state index in [1.807, 2.05) is 79.1 Å². The summed E-state index contributed by atoms with van der Waals surface area (Å²) in [7, 11) is 0. The van der Waals surface area contributed by atoms with Crippen molar-refractivity contribution in [2.75, 3.05) is 5.32 Å². The first-order valence-corrected chi connectivity index (χ1v) is 13.8. The SMILES string of the molecule is CCCCc1nc2ccc(Br)cc2c(=O)n1N=Cc1c(C)n(CC(=O)Nc2ccc(C)cc2)c2ccccc12. The minimum absolute atomic E-state index is 0.117. The topological polar surface area (TPSA) is 81.3 Å². The lowest BCUT2D eigenvalue weighted by Crippen LogP contribution is -2.22. The van der Waals surface area contributed by atoms with E-state index in [4.69, 9.17) is 4.98 Å². The fourth-order valence-electron chi connectivity index (χ4n) is 4.73. The summed E-state index contributed by atoms with van der Waals surface area (Å²) in [4.78, 5) is 31.3. The lowest BCUT2D eigenvalue weighted by Gasteiger charge is -2.10. The number of nitrogens with one attached hydrogen (secondary N) is 1. The van der Waals surface area contributed by atoms with Gasteiger partial charge in [-0.05, 0) is 56.7 Å². The molecule has 5 aromatic rings. The van der Waals surface area contributed by atoms with Crippen molar-refractivity contribution in [1.29, 1.82) is 0 Å². The zero-order chi connectivity index (χ0) is 27.5. The summed E-state index contributed by atoms with van der Waals surface area (Å²) in [6.45, 7) is 6.24. The van der Waals surface area contributed by atoms with Gasteiger partial charge >= 0.3 is 0 Å². The molecule has 3 aromatic carbocycles. The Labute approximate surface area is 235 Å². The van der Waals surface area contributed by atoms with Gasteiger partial charge in [0.25, 0.3) is 5.56 Å². The van der Waals surface area contributed by atoms with Crippen molar-refractivity contribution >= 4 is 55.5 Å². The van der Waals surface area contributed by atoms with E-state index in [0.717, 1.165) is 50.7 Å². The Kier molecular flexibility index (Phi) is 7.74. The molecule has 198 valence electrons. The molecule has 1 N–H and O–H groups in total. The normalized spacial score (nSPS) is 11.6. The zero-order valence-corrected chi connectivity index (χ0v) is 23.8. The maximum Gasteiger partial charge on any atom is 0.282 e. The van der Waals surface area contributed by atoms with Crippen LogP contribution in [0.25, 0.3) is 21.8 Å². The largest absolute Gasteiger partial charge is 0.335 e. The molecule has 7 nitrogen and oxygen atoms in total. The molecule has 0 fully saturated rings. The van der Waals surface area contributed by atoms with Gasteiger partial charge in [0.2, 0.25) is 5.91 Å². The van der Waals surface area contributed by atoms with Gasteiger partial charge in [-0.2, -0.15) is 9.78 Å². The molecule has 0 atom stereocenters. The van der Waals surface area contributed by atoms with Crippen molar-refractivity contribution in [3.63, 3.8) is 0 Å². The van der Waals surface area contributed by atoms with E-state index in [0.29, 0.717) is 23.1 Å². The Morgan fingerprint density at radius 1 is 1.05 bits per heavy atom. The average molecular weight is 585 g/mol. The number of para-hydroxylation sites is 1. The molecule has 1 amide bonds. The van der Waals surface area contributed by atoms with E-state index in [1.54, 1.807) is 12.3 Å². The molecule has 0 aliphatic rings. The third-order valence-electron chi connectivity index (χ3n) is 6.85. The Hall–Kier alpha value is -4.04. The molecule has 0 spiro atoms. The second-order valence-corrected chi connectivity index (χ2v) is 10.6. The van der Waals surface area contributed by atoms with E-state index in [9.17, 15) is 9.59 Å². The van der Waals surface area contributed by atoms with Crippen LogP contribution in [0.5, 0.6) is 0 Å². The molecule has 2 heterocycles. The summed E-state index contributed by atoms with van der Waals surface area (Å²) < 4.78 is 4.21. The van der Waals surface area contributed by atoms with Gasteiger partial charge in [-0.15, -0.1) is 0 Å². The highest BCUT2D eigenvalue weighted by molar-refractivity contribution is 9.10. The number of benzene rings is 3. The van der Waals surface area contributed by atoms with Crippen molar-refractivity contribution < 1.29 is 4.79 Å². The van der Waals surface area contributed by atoms with E-state index in [-0.39, 0.29) is 18.0 Å². The number of rotatable bonds is 8. The highest BCUT2D eigenvalue weighted by Gasteiger charge is 2.16. The zero-order valence-electron chi connectivity index (χ0n) is 22.2. The van der Waals surface area contributed by atoms with Crippen LogP contribution in [0, 0.1) is 13.8 Å². The molecular weight excluding hydrogens is 554 g/mol. The van der Waals surface area contributed by atoms with Gasteiger partial charge in [-0.3, -0.25) is 9.59 Å². The third-order valence-corrected chi connectivity index (χ3v) is 7.34. The summed E-state index contributed by atoms with van der Waals surface area (Å²) in [5, 5.41) is 9.13. The maximum atomic E-state index is 13.5. The van der Waals surface area contributed by atoms with E-state index in [1.165, 1.54) is 4.68 Å². The number of amides is 1. The van der Waals surface area contributed by atoms with Gasteiger partial charge in [-0.25, -0.2) is 4.98 Å². The first-order valence-electron chi connectivity index (χ1n) is 13.1. The predicted molar refractivity (Wildman–Crippen MR) is 162 cm³/mol.